The van der Waals surface area contributed by atoms with Gasteiger partial charge in [-0.05, 0) is 31.5 Å². The number of halogens is 4. The van der Waals surface area contributed by atoms with E-state index in [9.17, 15) is 30.0 Å². The molecule has 0 aliphatic carbocycles. The summed E-state index contributed by atoms with van der Waals surface area (Å²) in [6.07, 6.45) is -5.67. The van der Waals surface area contributed by atoms with E-state index in [0.717, 1.165) is 6.07 Å². The first-order chi connectivity index (χ1) is 10.4. The minimum absolute atomic E-state index is 0.0461. The van der Waals surface area contributed by atoms with E-state index >= 15 is 0 Å². The molecule has 0 bridgehead atoms. The van der Waals surface area contributed by atoms with Gasteiger partial charge in [0.2, 0.25) is 0 Å². The van der Waals surface area contributed by atoms with Gasteiger partial charge < -0.3 is 9.05 Å². The first-order valence-corrected chi connectivity index (χ1v) is 9.57. The molecule has 0 radical (unpaired) electrons. The standard InChI is InChI=1S/C12H15F4O5PS/c1-3-20-22(17,21-4-2)8-9-5-6-10(23(16,18)19)7-11(9)12(13,14)15/h5-7H,3-4,8H2,1-2H3. The molecule has 0 aliphatic heterocycles. The van der Waals surface area contributed by atoms with Crippen molar-refractivity contribution in [2.75, 3.05) is 13.2 Å². The number of hydrogen-bond acceptors (Lipinski definition) is 5. The van der Waals surface area contributed by atoms with Gasteiger partial charge in [0.1, 0.15) is 0 Å². The summed E-state index contributed by atoms with van der Waals surface area (Å²) in [5.74, 6) is 0. The highest BCUT2D eigenvalue weighted by Gasteiger charge is 2.37. The van der Waals surface area contributed by atoms with Crippen molar-refractivity contribution < 1.29 is 39.1 Å². The molecule has 0 aromatic heterocycles. The van der Waals surface area contributed by atoms with Gasteiger partial charge in [-0.15, -0.1) is 3.89 Å². The molecule has 1 aromatic carbocycles. The van der Waals surface area contributed by atoms with Crippen molar-refractivity contribution in [3.63, 3.8) is 0 Å². The van der Waals surface area contributed by atoms with Gasteiger partial charge in [0, 0.05) is 0 Å². The van der Waals surface area contributed by atoms with Crippen LogP contribution in [0.3, 0.4) is 0 Å². The molecule has 0 heterocycles. The fourth-order valence-electron chi connectivity index (χ4n) is 1.84. The third kappa shape index (κ3) is 5.56. The van der Waals surface area contributed by atoms with Gasteiger partial charge in [0.15, 0.2) is 0 Å². The lowest BCUT2D eigenvalue weighted by atomic mass is 10.1. The Kier molecular flexibility index (Phi) is 6.37. The normalized spacial score (nSPS) is 13.3. The Balaban J connectivity index is 3.38. The van der Waals surface area contributed by atoms with E-state index in [4.69, 9.17) is 9.05 Å². The van der Waals surface area contributed by atoms with Crippen LogP contribution in [-0.2, 0) is 36.2 Å². The Morgan fingerprint density at radius 2 is 1.65 bits per heavy atom. The second-order valence-electron chi connectivity index (χ2n) is 4.36. The van der Waals surface area contributed by atoms with Crippen molar-refractivity contribution in [1.29, 1.82) is 0 Å². The Morgan fingerprint density at radius 1 is 1.13 bits per heavy atom. The fraction of sp³-hybridized carbons (Fsp3) is 0.500. The van der Waals surface area contributed by atoms with Gasteiger partial charge in [-0.3, -0.25) is 4.57 Å². The Labute approximate surface area is 131 Å². The summed E-state index contributed by atoms with van der Waals surface area (Å²) < 4.78 is 95.8. The zero-order valence-corrected chi connectivity index (χ0v) is 14.0. The lowest BCUT2D eigenvalue weighted by Gasteiger charge is -2.20. The van der Waals surface area contributed by atoms with Gasteiger partial charge in [-0.1, -0.05) is 6.07 Å². The summed E-state index contributed by atoms with van der Waals surface area (Å²) in [6.45, 7) is 2.90. The number of hydrogen-bond donors (Lipinski definition) is 0. The summed E-state index contributed by atoms with van der Waals surface area (Å²) in [5.41, 5.74) is -1.91. The minimum Gasteiger partial charge on any atom is -0.309 e. The first kappa shape index (κ1) is 20.1. The molecular formula is C12H15F4O5PS. The molecule has 132 valence electrons. The summed E-state index contributed by atoms with van der Waals surface area (Å²) >= 11 is 0. The van der Waals surface area contributed by atoms with Crippen molar-refractivity contribution >= 4 is 17.8 Å². The average molecular weight is 378 g/mol. The van der Waals surface area contributed by atoms with E-state index in [2.05, 4.69) is 0 Å². The number of rotatable bonds is 7. The fourth-order valence-corrected chi connectivity index (χ4v) is 4.07. The van der Waals surface area contributed by atoms with E-state index in [0.29, 0.717) is 6.07 Å². The molecule has 0 saturated carbocycles. The van der Waals surface area contributed by atoms with Crippen LogP contribution in [0, 0.1) is 0 Å². The minimum atomic E-state index is -5.30. The lowest BCUT2D eigenvalue weighted by Crippen LogP contribution is -2.12. The molecule has 0 atom stereocenters. The molecule has 0 aliphatic rings. The average Bonchev–Trinajstić information content (AvgIpc) is 2.36. The van der Waals surface area contributed by atoms with Crippen LogP contribution in [0.1, 0.15) is 25.0 Å². The summed E-state index contributed by atoms with van der Waals surface area (Å²) in [4.78, 5) is -1.13. The zero-order valence-electron chi connectivity index (χ0n) is 12.3. The highest BCUT2D eigenvalue weighted by atomic mass is 32.3. The van der Waals surface area contributed by atoms with Crippen LogP contribution in [0.4, 0.5) is 17.1 Å². The largest absolute Gasteiger partial charge is 0.416 e. The van der Waals surface area contributed by atoms with E-state index in [1.165, 1.54) is 13.8 Å². The summed E-state index contributed by atoms with van der Waals surface area (Å²) in [5, 5.41) is 0. The van der Waals surface area contributed by atoms with Crippen LogP contribution < -0.4 is 0 Å². The number of alkyl halides is 3. The predicted octanol–water partition coefficient (Wildman–Crippen LogP) is 4.13. The van der Waals surface area contributed by atoms with E-state index in [1.54, 1.807) is 0 Å². The smallest absolute Gasteiger partial charge is 0.309 e. The molecule has 1 rings (SSSR count). The molecule has 0 saturated heterocycles. The van der Waals surface area contributed by atoms with Crippen LogP contribution in [0.15, 0.2) is 23.1 Å². The van der Waals surface area contributed by atoms with Crippen LogP contribution >= 0.6 is 7.60 Å². The van der Waals surface area contributed by atoms with Gasteiger partial charge in [-0.25, -0.2) is 0 Å². The molecule has 5 nitrogen and oxygen atoms in total. The van der Waals surface area contributed by atoms with Crippen LogP contribution in [-0.4, -0.2) is 21.6 Å². The van der Waals surface area contributed by atoms with E-state index < -0.39 is 46.2 Å². The Bertz CT molecular complexity index is 692. The summed E-state index contributed by atoms with van der Waals surface area (Å²) in [6, 6.07) is 1.58. The molecule has 1 aromatic rings. The van der Waals surface area contributed by atoms with Gasteiger partial charge in [0.05, 0.1) is 29.8 Å². The van der Waals surface area contributed by atoms with Crippen molar-refractivity contribution in [3.8, 4) is 0 Å². The molecule has 0 spiro atoms. The van der Waals surface area contributed by atoms with Crippen LogP contribution in [0.2, 0.25) is 0 Å². The molecule has 0 amide bonds. The quantitative estimate of drug-likeness (QED) is 0.405. The van der Waals surface area contributed by atoms with Crippen molar-refractivity contribution in [1.82, 2.24) is 0 Å². The van der Waals surface area contributed by atoms with Gasteiger partial charge in [0.25, 0.3) is 0 Å². The monoisotopic (exact) mass is 378 g/mol. The zero-order chi connectivity index (χ0) is 17.9. The molecular weight excluding hydrogens is 363 g/mol. The molecule has 0 N–H and O–H groups in total. The predicted molar refractivity (Wildman–Crippen MR) is 74.3 cm³/mol. The Hall–Kier alpha value is -0.960. The topological polar surface area (TPSA) is 69.7 Å². The molecule has 0 fully saturated rings. The highest BCUT2D eigenvalue weighted by molar-refractivity contribution is 7.86. The summed E-state index contributed by atoms with van der Waals surface area (Å²) in [7, 11) is -9.13. The van der Waals surface area contributed by atoms with E-state index in [1.807, 2.05) is 0 Å². The van der Waals surface area contributed by atoms with Crippen LogP contribution in [0.5, 0.6) is 0 Å². The second kappa shape index (κ2) is 7.29. The maximum atomic E-state index is 13.1. The molecule has 0 unspecified atom stereocenters. The SMILES string of the molecule is CCOP(=O)(Cc1ccc(S(=O)(=O)F)cc1C(F)(F)F)OCC. The second-order valence-corrected chi connectivity index (χ2v) is 7.76. The van der Waals surface area contributed by atoms with Crippen molar-refractivity contribution in [3.05, 3.63) is 29.3 Å². The highest BCUT2D eigenvalue weighted by Crippen LogP contribution is 2.52. The maximum Gasteiger partial charge on any atom is 0.416 e. The number of benzene rings is 1. The lowest BCUT2D eigenvalue weighted by molar-refractivity contribution is -0.138. The van der Waals surface area contributed by atoms with E-state index in [-0.39, 0.29) is 19.3 Å². The van der Waals surface area contributed by atoms with Crippen LogP contribution in [0.25, 0.3) is 0 Å². The first-order valence-electron chi connectivity index (χ1n) is 6.46. The van der Waals surface area contributed by atoms with Crippen molar-refractivity contribution in [2.24, 2.45) is 0 Å². The van der Waals surface area contributed by atoms with Crippen molar-refractivity contribution in [2.45, 2.75) is 31.1 Å². The molecule has 23 heavy (non-hydrogen) atoms. The third-order valence-electron chi connectivity index (χ3n) is 2.68. The Morgan fingerprint density at radius 3 is 2.04 bits per heavy atom. The third-order valence-corrected chi connectivity index (χ3v) is 5.53. The molecule has 11 heteroatoms. The van der Waals surface area contributed by atoms with Gasteiger partial charge in [-0.2, -0.15) is 21.6 Å². The van der Waals surface area contributed by atoms with Gasteiger partial charge >= 0.3 is 24.0 Å². The maximum absolute atomic E-state index is 13.1.